The predicted octanol–water partition coefficient (Wildman–Crippen LogP) is -0.0458. The van der Waals surface area contributed by atoms with E-state index < -0.39 is 18.9 Å². The molecule has 0 aliphatic carbocycles. The number of hydrogen-bond donors (Lipinski definition) is 4. The van der Waals surface area contributed by atoms with Gasteiger partial charge in [0.25, 0.3) is 5.56 Å². The molecule has 9 nitrogen and oxygen atoms in total. The second-order valence-electron chi connectivity index (χ2n) is 3.87. The first-order valence-corrected chi connectivity index (χ1v) is 6.91. The molecule has 102 valence electrons. The molecule has 1 atom stereocenters. The molecule has 0 spiro atoms. The smallest absolute Gasteiger partial charge is 0.348 e. The summed E-state index contributed by atoms with van der Waals surface area (Å²) >= 11 is 0. The van der Waals surface area contributed by atoms with Crippen molar-refractivity contribution in [2.75, 3.05) is 5.73 Å². The highest BCUT2D eigenvalue weighted by Crippen LogP contribution is 2.51. The van der Waals surface area contributed by atoms with Crippen LogP contribution < -0.4 is 11.3 Å². The molecule has 0 radical (unpaired) electrons. The number of anilines is 1. The lowest BCUT2D eigenvalue weighted by molar-refractivity contribution is 0.342. The number of fused-ring (bicyclic) bond motifs is 1. The van der Waals surface area contributed by atoms with E-state index in [0.29, 0.717) is 0 Å². The van der Waals surface area contributed by atoms with Crippen LogP contribution in [0.2, 0.25) is 0 Å². The number of rotatable bonds is 4. The Balaban J connectivity index is 2.71. The molecule has 2 rings (SSSR count). The molecule has 2 aromatic heterocycles. The fraction of sp³-hybridized carbons (Fsp3) is 0.222. The van der Waals surface area contributed by atoms with Gasteiger partial charge in [-0.2, -0.15) is 4.98 Å². The highest BCUT2D eigenvalue weighted by Gasteiger charge is 2.31. The fourth-order valence-corrected chi connectivity index (χ4v) is 2.64. The Hall–Kier alpha value is -1.96. The summed E-state index contributed by atoms with van der Waals surface area (Å²) in [6, 6.07) is 0. The molecule has 2 heterocycles. The van der Waals surface area contributed by atoms with Gasteiger partial charge in [-0.25, -0.2) is 4.98 Å². The van der Waals surface area contributed by atoms with Gasteiger partial charge in [0.2, 0.25) is 5.95 Å². The second kappa shape index (κ2) is 4.61. The number of aromatic nitrogens is 4. The minimum Gasteiger partial charge on any atom is -0.369 e. The highest BCUT2D eigenvalue weighted by molar-refractivity contribution is 7.51. The molecule has 0 fully saturated rings. The Kier molecular flexibility index (Phi) is 3.27. The lowest BCUT2D eigenvalue weighted by Gasteiger charge is -2.18. The van der Waals surface area contributed by atoms with Gasteiger partial charge in [-0.15, -0.1) is 6.58 Å². The van der Waals surface area contributed by atoms with Gasteiger partial charge in [0.1, 0.15) is 5.78 Å². The standard InChI is InChI=1S/C9H12N5O4P/c1-2-3-5(19(16,17)18)14-4-11-6-7(14)12-9(10)13-8(6)15/h2,4-5H,1,3H2,(H2,16,17,18)(H3,10,12,13,15). The van der Waals surface area contributed by atoms with Gasteiger partial charge in [0.15, 0.2) is 11.2 Å². The summed E-state index contributed by atoms with van der Waals surface area (Å²) in [6.45, 7) is 3.45. The third-order valence-electron chi connectivity index (χ3n) is 2.54. The maximum absolute atomic E-state index is 11.6. The molecule has 0 saturated carbocycles. The first-order chi connectivity index (χ1) is 8.84. The molecule has 5 N–H and O–H groups in total. The molecular weight excluding hydrogens is 273 g/mol. The molecule has 0 aromatic carbocycles. The van der Waals surface area contributed by atoms with E-state index in [1.54, 1.807) is 0 Å². The van der Waals surface area contributed by atoms with E-state index in [1.807, 2.05) is 0 Å². The molecule has 2 aromatic rings. The maximum Gasteiger partial charge on any atom is 0.348 e. The van der Waals surface area contributed by atoms with E-state index in [9.17, 15) is 19.1 Å². The van der Waals surface area contributed by atoms with E-state index in [-0.39, 0.29) is 23.5 Å². The second-order valence-corrected chi connectivity index (χ2v) is 5.64. The summed E-state index contributed by atoms with van der Waals surface area (Å²) in [5, 5.41) is 0. The van der Waals surface area contributed by atoms with Crippen molar-refractivity contribution in [2.24, 2.45) is 0 Å². The zero-order valence-electron chi connectivity index (χ0n) is 9.72. The normalized spacial score (nSPS) is 13.6. The third-order valence-corrected chi connectivity index (χ3v) is 3.77. The number of aromatic amines is 1. The van der Waals surface area contributed by atoms with Crippen LogP contribution in [0.15, 0.2) is 23.8 Å². The molecule has 0 saturated heterocycles. The van der Waals surface area contributed by atoms with Gasteiger partial charge in [0.05, 0.1) is 6.33 Å². The molecule has 0 aliphatic heterocycles. The first-order valence-electron chi connectivity index (χ1n) is 5.23. The summed E-state index contributed by atoms with van der Waals surface area (Å²) in [7, 11) is -4.46. The molecule has 1 unspecified atom stereocenters. The fourth-order valence-electron chi connectivity index (χ4n) is 1.72. The molecule has 10 heteroatoms. The van der Waals surface area contributed by atoms with Crippen molar-refractivity contribution in [3.05, 3.63) is 29.3 Å². The molecule has 0 aliphatic rings. The van der Waals surface area contributed by atoms with Crippen LogP contribution in [0.1, 0.15) is 12.2 Å². The van der Waals surface area contributed by atoms with Crippen molar-refractivity contribution in [3.8, 4) is 0 Å². The number of nitrogens with zero attached hydrogens (tertiary/aromatic N) is 3. The van der Waals surface area contributed by atoms with Gasteiger partial charge in [-0.05, 0) is 6.42 Å². The number of allylic oxidation sites excluding steroid dienone is 1. The van der Waals surface area contributed by atoms with Crippen LogP contribution in [0.5, 0.6) is 0 Å². The van der Waals surface area contributed by atoms with Crippen LogP contribution >= 0.6 is 7.60 Å². The van der Waals surface area contributed by atoms with Crippen molar-refractivity contribution in [2.45, 2.75) is 12.2 Å². The SMILES string of the molecule is C=CCC(n1cnc2c(=O)[nH]c(N)nc21)P(=O)(O)O. The summed E-state index contributed by atoms with van der Waals surface area (Å²) in [4.78, 5) is 40.2. The number of nitrogen functional groups attached to an aromatic ring is 1. The highest BCUT2D eigenvalue weighted by atomic mass is 31.2. The maximum atomic E-state index is 11.6. The van der Waals surface area contributed by atoms with Crippen LogP contribution in [0.4, 0.5) is 5.95 Å². The van der Waals surface area contributed by atoms with Crippen molar-refractivity contribution >= 4 is 24.7 Å². The zero-order valence-corrected chi connectivity index (χ0v) is 10.6. The van der Waals surface area contributed by atoms with Gasteiger partial charge in [0, 0.05) is 0 Å². The van der Waals surface area contributed by atoms with E-state index in [1.165, 1.54) is 6.08 Å². The quantitative estimate of drug-likeness (QED) is 0.455. The predicted molar refractivity (Wildman–Crippen MR) is 68.5 cm³/mol. The van der Waals surface area contributed by atoms with Crippen LogP contribution in [0, 0.1) is 0 Å². The van der Waals surface area contributed by atoms with Crippen LogP contribution in [-0.2, 0) is 4.57 Å². The topological polar surface area (TPSA) is 147 Å². The van der Waals surface area contributed by atoms with Crippen LogP contribution in [0.25, 0.3) is 11.2 Å². The van der Waals surface area contributed by atoms with Crippen molar-refractivity contribution in [1.82, 2.24) is 19.5 Å². The summed E-state index contributed by atoms with van der Waals surface area (Å²) in [5.41, 5.74) is 4.84. The van der Waals surface area contributed by atoms with Gasteiger partial charge >= 0.3 is 7.60 Å². The van der Waals surface area contributed by atoms with Gasteiger partial charge in [-0.3, -0.25) is 18.9 Å². The Labute approximate surface area is 107 Å². The molecule has 0 amide bonds. The summed E-state index contributed by atoms with van der Waals surface area (Å²) < 4.78 is 12.6. The molecule has 19 heavy (non-hydrogen) atoms. The average molecular weight is 285 g/mol. The van der Waals surface area contributed by atoms with Crippen molar-refractivity contribution in [1.29, 1.82) is 0 Å². The van der Waals surface area contributed by atoms with Gasteiger partial charge in [-0.1, -0.05) is 6.08 Å². The zero-order chi connectivity index (χ0) is 14.2. The minimum absolute atomic E-state index is 0.00409. The number of hydrogen-bond acceptors (Lipinski definition) is 5. The monoisotopic (exact) mass is 285 g/mol. The minimum atomic E-state index is -4.46. The van der Waals surface area contributed by atoms with E-state index >= 15 is 0 Å². The lowest BCUT2D eigenvalue weighted by atomic mass is 10.4. The average Bonchev–Trinajstić information content (AvgIpc) is 2.68. The Morgan fingerprint density at radius 3 is 2.89 bits per heavy atom. The molecular formula is C9H12N5O4P. The number of imidazole rings is 1. The Bertz CT molecular complexity index is 730. The van der Waals surface area contributed by atoms with E-state index in [2.05, 4.69) is 21.5 Å². The molecule has 0 bridgehead atoms. The lowest BCUT2D eigenvalue weighted by Crippen LogP contribution is -2.14. The Morgan fingerprint density at radius 1 is 1.63 bits per heavy atom. The van der Waals surface area contributed by atoms with E-state index in [0.717, 1.165) is 10.9 Å². The first kappa shape index (κ1) is 13.5. The summed E-state index contributed by atoms with van der Waals surface area (Å²) in [5.74, 6) is -1.37. The third kappa shape index (κ3) is 2.43. The number of nitrogens with two attached hydrogens (primary N) is 1. The van der Waals surface area contributed by atoms with Crippen molar-refractivity contribution in [3.63, 3.8) is 0 Å². The van der Waals surface area contributed by atoms with Crippen molar-refractivity contribution < 1.29 is 14.4 Å². The Morgan fingerprint density at radius 2 is 2.32 bits per heavy atom. The number of H-pyrrole nitrogens is 1. The van der Waals surface area contributed by atoms with Crippen LogP contribution in [0.3, 0.4) is 0 Å². The number of nitrogens with one attached hydrogen (secondary N) is 1. The summed E-state index contributed by atoms with van der Waals surface area (Å²) in [6.07, 6.45) is 2.52. The van der Waals surface area contributed by atoms with E-state index in [4.69, 9.17) is 5.73 Å². The van der Waals surface area contributed by atoms with Gasteiger partial charge < -0.3 is 15.5 Å². The largest absolute Gasteiger partial charge is 0.369 e. The van der Waals surface area contributed by atoms with Crippen LogP contribution in [-0.4, -0.2) is 29.3 Å².